The lowest BCUT2D eigenvalue weighted by Gasteiger charge is -2.05. The van der Waals surface area contributed by atoms with Crippen molar-refractivity contribution in [3.63, 3.8) is 0 Å². The van der Waals surface area contributed by atoms with E-state index in [-0.39, 0.29) is 0 Å². The van der Waals surface area contributed by atoms with E-state index in [0.29, 0.717) is 0 Å². The van der Waals surface area contributed by atoms with Crippen LogP contribution in [0.5, 0.6) is 5.75 Å². The molecule has 0 aliphatic heterocycles. The Hall–Kier alpha value is -1.83. The molecule has 0 amide bonds. The van der Waals surface area contributed by atoms with Crippen molar-refractivity contribution in [1.29, 1.82) is 0 Å². The van der Waals surface area contributed by atoms with Gasteiger partial charge in [0.1, 0.15) is 11.5 Å². The van der Waals surface area contributed by atoms with Gasteiger partial charge in [-0.3, -0.25) is 4.98 Å². The summed E-state index contributed by atoms with van der Waals surface area (Å²) in [5.41, 5.74) is 0.956. The highest BCUT2D eigenvalue weighted by Gasteiger charge is 1.95. The Morgan fingerprint density at radius 2 is 2.07 bits per heavy atom. The molecule has 1 aromatic heterocycles. The van der Waals surface area contributed by atoms with Gasteiger partial charge in [-0.1, -0.05) is 18.2 Å². The van der Waals surface area contributed by atoms with Gasteiger partial charge in [-0.15, -0.1) is 0 Å². The van der Waals surface area contributed by atoms with Crippen molar-refractivity contribution >= 4 is 0 Å². The van der Waals surface area contributed by atoms with Gasteiger partial charge in [0.2, 0.25) is 0 Å². The summed E-state index contributed by atoms with van der Waals surface area (Å²) in [5.74, 6) is 1.55. The quantitative estimate of drug-likeness (QED) is 0.549. The SMILES string of the molecule is C=C(C)/C=C(\C=C/C)Oc1ccncc1. The first kappa shape index (κ1) is 11.2. The third-order valence-electron chi connectivity index (χ3n) is 1.61. The Labute approximate surface area is 90.6 Å². The molecule has 2 nitrogen and oxygen atoms in total. The summed E-state index contributed by atoms with van der Waals surface area (Å²) in [6.45, 7) is 7.69. The molecule has 1 heterocycles. The van der Waals surface area contributed by atoms with E-state index in [1.165, 1.54) is 0 Å². The monoisotopic (exact) mass is 201 g/mol. The molecule has 0 bridgehead atoms. The first-order chi connectivity index (χ1) is 7.22. The molecule has 1 aromatic rings. The zero-order valence-corrected chi connectivity index (χ0v) is 9.10. The van der Waals surface area contributed by atoms with Crippen LogP contribution < -0.4 is 4.74 Å². The zero-order chi connectivity index (χ0) is 11.1. The average Bonchev–Trinajstić information content (AvgIpc) is 2.18. The molecule has 0 saturated heterocycles. The van der Waals surface area contributed by atoms with Gasteiger partial charge in [-0.2, -0.15) is 0 Å². The highest BCUT2D eigenvalue weighted by atomic mass is 16.5. The van der Waals surface area contributed by atoms with Crippen molar-refractivity contribution in [2.45, 2.75) is 13.8 Å². The van der Waals surface area contributed by atoms with Gasteiger partial charge >= 0.3 is 0 Å². The molecule has 15 heavy (non-hydrogen) atoms. The minimum atomic E-state index is 0.774. The summed E-state index contributed by atoms with van der Waals surface area (Å²) in [6.07, 6.45) is 9.11. The molecule has 0 atom stereocenters. The Bertz CT molecular complexity index is 377. The molecule has 2 heteroatoms. The molecule has 0 unspecified atom stereocenters. The van der Waals surface area contributed by atoms with E-state index in [1.807, 2.05) is 44.2 Å². The van der Waals surface area contributed by atoms with E-state index in [0.717, 1.165) is 17.1 Å². The normalized spacial score (nSPS) is 11.7. The van der Waals surface area contributed by atoms with Crippen molar-refractivity contribution in [1.82, 2.24) is 4.98 Å². The average molecular weight is 201 g/mol. The third-order valence-corrected chi connectivity index (χ3v) is 1.61. The van der Waals surface area contributed by atoms with Crippen LogP contribution in [0.15, 0.2) is 60.7 Å². The topological polar surface area (TPSA) is 22.1 Å². The second kappa shape index (κ2) is 5.81. The van der Waals surface area contributed by atoms with Gasteiger partial charge in [0.05, 0.1) is 0 Å². The molecule has 0 radical (unpaired) electrons. The summed E-state index contributed by atoms with van der Waals surface area (Å²) >= 11 is 0. The molecule has 0 aliphatic carbocycles. The van der Waals surface area contributed by atoms with Gasteiger partial charge in [0, 0.05) is 12.4 Å². The van der Waals surface area contributed by atoms with Crippen LogP contribution in [-0.4, -0.2) is 4.98 Å². The van der Waals surface area contributed by atoms with Gasteiger partial charge in [0.15, 0.2) is 0 Å². The van der Waals surface area contributed by atoms with E-state index in [9.17, 15) is 0 Å². The first-order valence-corrected chi connectivity index (χ1v) is 4.80. The van der Waals surface area contributed by atoms with E-state index in [1.54, 1.807) is 12.4 Å². The minimum Gasteiger partial charge on any atom is -0.457 e. The fraction of sp³-hybridized carbons (Fsp3) is 0.154. The number of rotatable bonds is 4. The molecule has 0 spiro atoms. The lowest BCUT2D eigenvalue weighted by atomic mass is 10.3. The smallest absolute Gasteiger partial charge is 0.130 e. The highest BCUT2D eigenvalue weighted by molar-refractivity contribution is 5.28. The van der Waals surface area contributed by atoms with E-state index in [2.05, 4.69) is 11.6 Å². The van der Waals surface area contributed by atoms with Crippen molar-refractivity contribution in [3.05, 3.63) is 60.7 Å². The van der Waals surface area contributed by atoms with Crippen LogP contribution in [0.1, 0.15) is 13.8 Å². The molecule has 0 N–H and O–H groups in total. The Kier molecular flexibility index (Phi) is 4.35. The highest BCUT2D eigenvalue weighted by Crippen LogP contribution is 2.13. The predicted molar refractivity (Wildman–Crippen MR) is 62.6 cm³/mol. The largest absolute Gasteiger partial charge is 0.457 e. The lowest BCUT2D eigenvalue weighted by Crippen LogP contribution is -1.92. The zero-order valence-electron chi connectivity index (χ0n) is 9.10. The van der Waals surface area contributed by atoms with Crippen LogP contribution >= 0.6 is 0 Å². The van der Waals surface area contributed by atoms with Crippen LogP contribution in [0.25, 0.3) is 0 Å². The Balaban J connectivity index is 2.81. The maximum absolute atomic E-state index is 5.64. The molecule has 1 rings (SSSR count). The third kappa shape index (κ3) is 4.27. The van der Waals surface area contributed by atoms with Crippen molar-refractivity contribution in [2.75, 3.05) is 0 Å². The number of nitrogens with zero attached hydrogens (tertiary/aromatic N) is 1. The number of ether oxygens (including phenoxy) is 1. The summed E-state index contributed by atoms with van der Waals surface area (Å²) in [5, 5.41) is 0. The number of hydrogen-bond donors (Lipinski definition) is 0. The summed E-state index contributed by atoms with van der Waals surface area (Å²) in [6, 6.07) is 3.63. The maximum Gasteiger partial charge on any atom is 0.130 e. The first-order valence-electron chi connectivity index (χ1n) is 4.80. The second-order valence-corrected chi connectivity index (χ2v) is 3.18. The summed E-state index contributed by atoms with van der Waals surface area (Å²) in [7, 11) is 0. The fourth-order valence-corrected chi connectivity index (χ4v) is 1.06. The van der Waals surface area contributed by atoms with Crippen LogP contribution in [0, 0.1) is 0 Å². The summed E-state index contributed by atoms with van der Waals surface area (Å²) < 4.78 is 5.64. The van der Waals surface area contributed by atoms with E-state index < -0.39 is 0 Å². The van der Waals surface area contributed by atoms with Crippen LogP contribution in [0.4, 0.5) is 0 Å². The Morgan fingerprint density at radius 1 is 1.40 bits per heavy atom. The Morgan fingerprint density at radius 3 is 2.60 bits per heavy atom. The van der Waals surface area contributed by atoms with Gasteiger partial charge in [-0.25, -0.2) is 0 Å². The molecule has 0 aliphatic rings. The number of hydrogen-bond acceptors (Lipinski definition) is 2. The van der Waals surface area contributed by atoms with E-state index in [4.69, 9.17) is 4.74 Å². The molecular formula is C13H15NO. The standard InChI is InChI=1S/C13H15NO/c1-4-5-13(10-11(2)3)15-12-6-8-14-9-7-12/h4-10H,2H2,1,3H3/b5-4-,13-10+. The van der Waals surface area contributed by atoms with Gasteiger partial charge in [-0.05, 0) is 38.1 Å². The molecule has 0 fully saturated rings. The van der Waals surface area contributed by atoms with Gasteiger partial charge < -0.3 is 4.74 Å². The molecule has 78 valence electrons. The minimum absolute atomic E-state index is 0.774. The van der Waals surface area contributed by atoms with Gasteiger partial charge in [0.25, 0.3) is 0 Å². The van der Waals surface area contributed by atoms with E-state index >= 15 is 0 Å². The lowest BCUT2D eigenvalue weighted by molar-refractivity contribution is 0.443. The molecule has 0 saturated carbocycles. The number of aromatic nitrogens is 1. The summed E-state index contributed by atoms with van der Waals surface area (Å²) in [4.78, 5) is 3.92. The van der Waals surface area contributed by atoms with Crippen LogP contribution in [0.3, 0.4) is 0 Å². The fourth-order valence-electron chi connectivity index (χ4n) is 1.06. The van der Waals surface area contributed by atoms with Crippen molar-refractivity contribution in [2.24, 2.45) is 0 Å². The predicted octanol–water partition coefficient (Wildman–Crippen LogP) is 3.50. The molecular weight excluding hydrogens is 186 g/mol. The van der Waals surface area contributed by atoms with Crippen LogP contribution in [0.2, 0.25) is 0 Å². The number of pyridine rings is 1. The van der Waals surface area contributed by atoms with Crippen LogP contribution in [-0.2, 0) is 0 Å². The second-order valence-electron chi connectivity index (χ2n) is 3.18. The number of allylic oxidation sites excluding steroid dienone is 4. The van der Waals surface area contributed by atoms with Crippen molar-refractivity contribution in [3.8, 4) is 5.75 Å². The molecule has 0 aromatic carbocycles. The maximum atomic E-state index is 5.64. The van der Waals surface area contributed by atoms with Crippen molar-refractivity contribution < 1.29 is 4.74 Å².